The van der Waals surface area contributed by atoms with E-state index in [0.29, 0.717) is 11.7 Å². The SMILES string of the molecule is CC(C)C(C(=O)O)c1nc(C2CC2)ncc1O. The second-order valence-electron chi connectivity index (χ2n) is 4.83. The first kappa shape index (κ1) is 11.8. The van der Waals surface area contributed by atoms with E-state index in [2.05, 4.69) is 9.97 Å². The summed E-state index contributed by atoms with van der Waals surface area (Å²) < 4.78 is 0. The fraction of sp³-hybridized carbons (Fsp3) is 0.583. The first-order chi connectivity index (χ1) is 8.00. The molecule has 5 heteroatoms. The van der Waals surface area contributed by atoms with Gasteiger partial charge in [0, 0.05) is 5.92 Å². The fourth-order valence-corrected chi connectivity index (χ4v) is 1.89. The Morgan fingerprint density at radius 3 is 2.59 bits per heavy atom. The van der Waals surface area contributed by atoms with Crippen LogP contribution in [-0.4, -0.2) is 26.2 Å². The molecular weight excluding hydrogens is 220 g/mol. The van der Waals surface area contributed by atoms with Crippen molar-refractivity contribution in [3.05, 3.63) is 17.7 Å². The maximum Gasteiger partial charge on any atom is 0.313 e. The molecule has 1 atom stereocenters. The van der Waals surface area contributed by atoms with E-state index in [9.17, 15) is 15.0 Å². The van der Waals surface area contributed by atoms with Gasteiger partial charge >= 0.3 is 5.97 Å². The Balaban J connectivity index is 2.40. The van der Waals surface area contributed by atoms with E-state index in [1.165, 1.54) is 6.20 Å². The summed E-state index contributed by atoms with van der Waals surface area (Å²) in [4.78, 5) is 19.5. The van der Waals surface area contributed by atoms with Gasteiger partial charge < -0.3 is 10.2 Å². The van der Waals surface area contributed by atoms with E-state index in [-0.39, 0.29) is 17.4 Å². The van der Waals surface area contributed by atoms with Crippen molar-refractivity contribution in [2.45, 2.75) is 38.5 Å². The number of rotatable bonds is 4. The van der Waals surface area contributed by atoms with E-state index in [0.717, 1.165) is 12.8 Å². The molecule has 0 aromatic carbocycles. The van der Waals surface area contributed by atoms with Crippen molar-refractivity contribution in [1.82, 2.24) is 9.97 Å². The molecule has 2 rings (SSSR count). The van der Waals surface area contributed by atoms with Crippen molar-refractivity contribution in [2.75, 3.05) is 0 Å². The van der Waals surface area contributed by atoms with Crippen LogP contribution in [0.25, 0.3) is 0 Å². The van der Waals surface area contributed by atoms with Gasteiger partial charge in [-0.25, -0.2) is 9.97 Å². The van der Waals surface area contributed by atoms with Gasteiger partial charge in [0.25, 0.3) is 0 Å². The predicted octanol–water partition coefficient (Wildman–Crippen LogP) is 1.88. The zero-order valence-corrected chi connectivity index (χ0v) is 9.92. The molecule has 0 amide bonds. The molecule has 1 aliphatic rings. The van der Waals surface area contributed by atoms with Crippen molar-refractivity contribution < 1.29 is 15.0 Å². The summed E-state index contributed by atoms with van der Waals surface area (Å²) in [6.07, 6.45) is 3.40. The summed E-state index contributed by atoms with van der Waals surface area (Å²) in [7, 11) is 0. The lowest BCUT2D eigenvalue weighted by Gasteiger charge is -2.17. The lowest BCUT2D eigenvalue weighted by atomic mass is 9.92. The number of hydrogen-bond acceptors (Lipinski definition) is 4. The minimum atomic E-state index is -0.962. The largest absolute Gasteiger partial charge is 0.504 e. The number of aromatic nitrogens is 2. The molecule has 1 unspecified atom stereocenters. The third-order valence-electron chi connectivity index (χ3n) is 2.99. The lowest BCUT2D eigenvalue weighted by Crippen LogP contribution is -2.19. The van der Waals surface area contributed by atoms with Gasteiger partial charge in [-0.05, 0) is 18.8 Å². The van der Waals surface area contributed by atoms with Gasteiger partial charge in [-0.1, -0.05) is 13.8 Å². The molecule has 0 radical (unpaired) electrons. The second-order valence-corrected chi connectivity index (χ2v) is 4.83. The molecule has 1 aromatic heterocycles. The average molecular weight is 236 g/mol. The quantitative estimate of drug-likeness (QED) is 0.834. The first-order valence-corrected chi connectivity index (χ1v) is 5.79. The van der Waals surface area contributed by atoms with E-state index in [1.54, 1.807) is 13.8 Å². The molecule has 5 nitrogen and oxygen atoms in total. The van der Waals surface area contributed by atoms with Gasteiger partial charge in [-0.3, -0.25) is 4.79 Å². The highest BCUT2D eigenvalue weighted by Gasteiger charge is 2.32. The highest BCUT2D eigenvalue weighted by atomic mass is 16.4. The summed E-state index contributed by atoms with van der Waals surface area (Å²) in [5, 5.41) is 18.9. The predicted molar refractivity (Wildman–Crippen MR) is 60.9 cm³/mol. The van der Waals surface area contributed by atoms with Gasteiger partial charge in [0.1, 0.15) is 17.4 Å². The lowest BCUT2D eigenvalue weighted by molar-refractivity contribution is -0.140. The third kappa shape index (κ3) is 2.38. The minimum Gasteiger partial charge on any atom is -0.504 e. The van der Waals surface area contributed by atoms with Crippen molar-refractivity contribution in [2.24, 2.45) is 5.92 Å². The molecule has 0 saturated heterocycles. The maximum absolute atomic E-state index is 11.2. The molecule has 0 spiro atoms. The van der Waals surface area contributed by atoms with Crippen LogP contribution in [0.2, 0.25) is 0 Å². The Hall–Kier alpha value is -1.65. The smallest absolute Gasteiger partial charge is 0.313 e. The number of aliphatic carboxylic acids is 1. The van der Waals surface area contributed by atoms with Crippen LogP contribution in [0.1, 0.15) is 50.0 Å². The highest BCUT2D eigenvalue weighted by Crippen LogP contribution is 2.39. The Bertz CT molecular complexity index is 441. The Morgan fingerprint density at radius 1 is 1.47 bits per heavy atom. The van der Waals surface area contributed by atoms with Gasteiger partial charge in [0.05, 0.1) is 6.20 Å². The van der Waals surface area contributed by atoms with Gasteiger partial charge in [0.2, 0.25) is 0 Å². The van der Waals surface area contributed by atoms with Gasteiger partial charge in [-0.2, -0.15) is 0 Å². The molecular formula is C12H16N2O3. The van der Waals surface area contributed by atoms with Crippen molar-refractivity contribution in [3.8, 4) is 5.75 Å². The molecule has 1 fully saturated rings. The fourth-order valence-electron chi connectivity index (χ4n) is 1.89. The van der Waals surface area contributed by atoms with Crippen LogP contribution in [0.5, 0.6) is 5.75 Å². The molecule has 1 saturated carbocycles. The molecule has 1 aliphatic carbocycles. The number of carbonyl (C=O) groups is 1. The van der Waals surface area contributed by atoms with Crippen molar-refractivity contribution in [1.29, 1.82) is 0 Å². The van der Waals surface area contributed by atoms with Crippen LogP contribution in [0.15, 0.2) is 6.20 Å². The van der Waals surface area contributed by atoms with Crippen molar-refractivity contribution >= 4 is 5.97 Å². The van der Waals surface area contributed by atoms with Crippen LogP contribution >= 0.6 is 0 Å². The molecule has 0 bridgehead atoms. The topological polar surface area (TPSA) is 83.3 Å². The Kier molecular flexibility index (Phi) is 3.00. The number of carboxylic acid groups (broad SMARTS) is 1. The first-order valence-electron chi connectivity index (χ1n) is 5.79. The summed E-state index contributed by atoms with van der Waals surface area (Å²) >= 11 is 0. The van der Waals surface area contributed by atoms with E-state index in [1.807, 2.05) is 0 Å². The molecule has 2 N–H and O–H groups in total. The highest BCUT2D eigenvalue weighted by molar-refractivity contribution is 5.76. The summed E-state index contributed by atoms with van der Waals surface area (Å²) in [5.41, 5.74) is 0.240. The van der Waals surface area contributed by atoms with Crippen LogP contribution in [0, 0.1) is 5.92 Å². The molecule has 92 valence electrons. The van der Waals surface area contributed by atoms with Crippen LogP contribution in [0.3, 0.4) is 0 Å². The maximum atomic E-state index is 11.2. The zero-order valence-electron chi connectivity index (χ0n) is 9.92. The normalized spacial score (nSPS) is 17.1. The van der Waals surface area contributed by atoms with E-state index >= 15 is 0 Å². The van der Waals surface area contributed by atoms with Crippen LogP contribution < -0.4 is 0 Å². The third-order valence-corrected chi connectivity index (χ3v) is 2.99. The van der Waals surface area contributed by atoms with E-state index < -0.39 is 11.9 Å². The summed E-state index contributed by atoms with van der Waals surface area (Å²) in [5.74, 6) is -0.997. The molecule has 17 heavy (non-hydrogen) atoms. The number of hydrogen-bond donors (Lipinski definition) is 2. The summed E-state index contributed by atoms with van der Waals surface area (Å²) in [6, 6.07) is 0. The molecule has 0 aliphatic heterocycles. The van der Waals surface area contributed by atoms with E-state index in [4.69, 9.17) is 0 Å². The Labute approximate surface area is 99.5 Å². The van der Waals surface area contributed by atoms with Crippen LogP contribution in [-0.2, 0) is 4.79 Å². The number of nitrogens with zero attached hydrogens (tertiary/aromatic N) is 2. The molecule has 1 heterocycles. The number of carboxylic acids is 1. The Morgan fingerprint density at radius 2 is 2.12 bits per heavy atom. The van der Waals surface area contributed by atoms with Crippen molar-refractivity contribution in [3.63, 3.8) is 0 Å². The van der Waals surface area contributed by atoms with Crippen LogP contribution in [0.4, 0.5) is 0 Å². The average Bonchev–Trinajstić information content (AvgIpc) is 3.03. The number of aromatic hydroxyl groups is 1. The minimum absolute atomic E-state index is 0.125. The molecule has 1 aromatic rings. The zero-order chi connectivity index (χ0) is 12.6. The van der Waals surface area contributed by atoms with Gasteiger partial charge in [-0.15, -0.1) is 0 Å². The monoisotopic (exact) mass is 236 g/mol. The van der Waals surface area contributed by atoms with Gasteiger partial charge in [0.15, 0.2) is 5.75 Å². The second kappa shape index (κ2) is 4.31. The standard InChI is InChI=1S/C12H16N2O3/c1-6(2)9(12(16)17)10-8(15)5-13-11(14-10)7-3-4-7/h5-7,9,15H,3-4H2,1-2H3,(H,16,17). The summed E-state index contributed by atoms with van der Waals surface area (Å²) in [6.45, 7) is 3.61.